The van der Waals surface area contributed by atoms with Crippen LogP contribution in [0.2, 0.25) is 0 Å². The molecule has 1 aromatic rings. The highest BCUT2D eigenvalue weighted by Gasteiger charge is 2.29. The molecule has 2 rings (SSSR count). The first-order valence-corrected chi connectivity index (χ1v) is 7.49. The van der Waals surface area contributed by atoms with Crippen molar-refractivity contribution in [3.05, 3.63) is 23.8 Å². The molecule has 0 spiro atoms. The first-order valence-electron chi connectivity index (χ1n) is 7.49. The van der Waals surface area contributed by atoms with Crippen LogP contribution in [0.5, 0.6) is 5.75 Å². The molecule has 0 heterocycles. The minimum absolute atomic E-state index is 0.253. The van der Waals surface area contributed by atoms with Crippen LogP contribution in [0.1, 0.15) is 48.9 Å². The number of carbonyl (C=O) groups excluding carboxylic acids is 1. The van der Waals surface area contributed by atoms with Crippen molar-refractivity contribution < 1.29 is 14.6 Å². The van der Waals surface area contributed by atoms with E-state index in [1.165, 1.54) is 7.11 Å². The quantitative estimate of drug-likeness (QED) is 0.586. The maximum atomic E-state index is 12.3. The number of carbonyl (C=O) groups is 1. The molecule has 0 aliphatic heterocycles. The van der Waals surface area contributed by atoms with E-state index in [-0.39, 0.29) is 12.5 Å². The lowest BCUT2D eigenvalue weighted by atomic mass is 9.94. The molecule has 1 saturated carbocycles. The van der Waals surface area contributed by atoms with Crippen molar-refractivity contribution in [2.75, 3.05) is 19.4 Å². The fourth-order valence-corrected chi connectivity index (χ4v) is 2.86. The third-order valence-corrected chi connectivity index (χ3v) is 4.12. The molecule has 4 N–H and O–H groups in total. The van der Waals surface area contributed by atoms with Crippen LogP contribution in [0.4, 0.5) is 5.69 Å². The van der Waals surface area contributed by atoms with Crippen LogP contribution in [0.3, 0.4) is 0 Å². The van der Waals surface area contributed by atoms with E-state index < -0.39 is 5.60 Å². The number of amides is 1. The van der Waals surface area contributed by atoms with Crippen molar-refractivity contribution >= 4 is 11.6 Å². The summed E-state index contributed by atoms with van der Waals surface area (Å²) in [6.45, 7) is 0.253. The number of nitrogen functional groups attached to an aromatic ring is 1. The molecule has 1 aliphatic carbocycles. The number of nitrogens with one attached hydrogen (secondary N) is 1. The maximum Gasteiger partial charge on any atom is 0.257 e. The summed E-state index contributed by atoms with van der Waals surface area (Å²) in [4.78, 5) is 12.3. The molecule has 5 nitrogen and oxygen atoms in total. The summed E-state index contributed by atoms with van der Waals surface area (Å²) in [7, 11) is 1.50. The van der Waals surface area contributed by atoms with Crippen LogP contribution in [0.15, 0.2) is 18.2 Å². The van der Waals surface area contributed by atoms with Gasteiger partial charge in [0.05, 0.1) is 12.7 Å². The lowest BCUT2D eigenvalue weighted by Crippen LogP contribution is -2.42. The second-order valence-electron chi connectivity index (χ2n) is 5.75. The number of ether oxygens (including phenoxy) is 1. The Balaban J connectivity index is 2.05. The highest BCUT2D eigenvalue weighted by atomic mass is 16.5. The summed E-state index contributed by atoms with van der Waals surface area (Å²) in [5, 5.41) is 13.4. The van der Waals surface area contributed by atoms with Gasteiger partial charge in [-0.25, -0.2) is 0 Å². The standard InChI is InChI=1S/C16H24N2O3/c1-21-13-8-6-7-12(17)14(13)15(19)18-11-16(20)9-4-2-3-5-10-16/h6-8,20H,2-5,9-11,17H2,1H3,(H,18,19). The zero-order valence-corrected chi connectivity index (χ0v) is 12.5. The number of anilines is 1. The number of methoxy groups -OCH3 is 1. The number of hydrogen-bond donors (Lipinski definition) is 3. The van der Waals surface area contributed by atoms with Gasteiger partial charge < -0.3 is 20.9 Å². The molecule has 0 bridgehead atoms. The summed E-state index contributed by atoms with van der Waals surface area (Å²) in [5.41, 5.74) is 5.76. The van der Waals surface area contributed by atoms with E-state index in [2.05, 4.69) is 5.32 Å². The van der Waals surface area contributed by atoms with E-state index in [1.807, 2.05) is 0 Å². The van der Waals surface area contributed by atoms with Gasteiger partial charge in [0.15, 0.2) is 0 Å². The van der Waals surface area contributed by atoms with Gasteiger partial charge in [-0.1, -0.05) is 31.7 Å². The molecule has 1 amide bonds. The Hall–Kier alpha value is -1.75. The number of benzene rings is 1. The Kier molecular flexibility index (Phi) is 5.07. The molecule has 0 unspecified atom stereocenters. The van der Waals surface area contributed by atoms with Crippen molar-refractivity contribution in [2.24, 2.45) is 0 Å². The highest BCUT2D eigenvalue weighted by molar-refractivity contribution is 6.01. The van der Waals surface area contributed by atoms with E-state index in [9.17, 15) is 9.90 Å². The molecular weight excluding hydrogens is 268 g/mol. The molecule has 1 aromatic carbocycles. The van der Waals surface area contributed by atoms with Gasteiger partial charge in [0.2, 0.25) is 0 Å². The minimum Gasteiger partial charge on any atom is -0.496 e. The first-order chi connectivity index (χ1) is 10.1. The summed E-state index contributed by atoms with van der Waals surface area (Å²) >= 11 is 0. The lowest BCUT2D eigenvalue weighted by molar-refractivity contribution is 0.0246. The van der Waals surface area contributed by atoms with Gasteiger partial charge >= 0.3 is 0 Å². The van der Waals surface area contributed by atoms with E-state index >= 15 is 0 Å². The summed E-state index contributed by atoms with van der Waals surface area (Å²) in [6.07, 6.45) is 5.77. The van der Waals surface area contributed by atoms with Crippen molar-refractivity contribution in [3.63, 3.8) is 0 Å². The molecule has 1 fully saturated rings. The third-order valence-electron chi connectivity index (χ3n) is 4.12. The minimum atomic E-state index is -0.803. The predicted molar refractivity (Wildman–Crippen MR) is 82.4 cm³/mol. The van der Waals surface area contributed by atoms with E-state index in [1.54, 1.807) is 18.2 Å². The van der Waals surface area contributed by atoms with Crippen molar-refractivity contribution in [1.29, 1.82) is 0 Å². The molecular formula is C16H24N2O3. The van der Waals surface area contributed by atoms with E-state index in [0.717, 1.165) is 38.5 Å². The Bertz CT molecular complexity index is 494. The second kappa shape index (κ2) is 6.80. The van der Waals surface area contributed by atoms with Crippen LogP contribution in [-0.2, 0) is 0 Å². The van der Waals surface area contributed by atoms with Crippen LogP contribution < -0.4 is 15.8 Å². The smallest absolute Gasteiger partial charge is 0.257 e. The van der Waals surface area contributed by atoms with Crippen molar-refractivity contribution in [1.82, 2.24) is 5.32 Å². The summed E-state index contributed by atoms with van der Waals surface area (Å²) < 4.78 is 5.18. The van der Waals surface area contributed by atoms with Gasteiger partial charge in [-0.05, 0) is 25.0 Å². The van der Waals surface area contributed by atoms with Crippen molar-refractivity contribution in [3.8, 4) is 5.75 Å². The zero-order chi connectivity index (χ0) is 15.3. The second-order valence-corrected chi connectivity index (χ2v) is 5.75. The molecule has 21 heavy (non-hydrogen) atoms. The summed E-state index contributed by atoms with van der Waals surface area (Å²) in [6, 6.07) is 5.10. The SMILES string of the molecule is COc1cccc(N)c1C(=O)NCC1(O)CCCCCC1. The Labute approximate surface area is 125 Å². The Morgan fingerprint density at radius 3 is 2.62 bits per heavy atom. The van der Waals surface area contributed by atoms with Crippen LogP contribution in [0.25, 0.3) is 0 Å². The fourth-order valence-electron chi connectivity index (χ4n) is 2.86. The van der Waals surface area contributed by atoms with E-state index in [0.29, 0.717) is 17.0 Å². The average Bonchev–Trinajstić information content (AvgIpc) is 2.70. The van der Waals surface area contributed by atoms with Crippen LogP contribution >= 0.6 is 0 Å². The molecule has 116 valence electrons. The lowest BCUT2D eigenvalue weighted by Gasteiger charge is -2.27. The summed E-state index contributed by atoms with van der Waals surface area (Å²) in [5.74, 6) is 0.142. The zero-order valence-electron chi connectivity index (χ0n) is 12.5. The predicted octanol–water partition coefficient (Wildman–Crippen LogP) is 2.09. The largest absolute Gasteiger partial charge is 0.496 e. The first kappa shape index (κ1) is 15.6. The van der Waals surface area contributed by atoms with Crippen molar-refractivity contribution in [2.45, 2.75) is 44.1 Å². The van der Waals surface area contributed by atoms with Crippen LogP contribution in [-0.4, -0.2) is 30.3 Å². The van der Waals surface area contributed by atoms with Gasteiger partial charge in [0.25, 0.3) is 5.91 Å². The highest BCUT2D eigenvalue weighted by Crippen LogP contribution is 2.27. The number of nitrogens with two attached hydrogens (primary N) is 1. The average molecular weight is 292 g/mol. The van der Waals surface area contributed by atoms with Gasteiger partial charge in [-0.2, -0.15) is 0 Å². The molecule has 0 aromatic heterocycles. The van der Waals surface area contributed by atoms with Gasteiger partial charge in [-0.15, -0.1) is 0 Å². The monoisotopic (exact) mass is 292 g/mol. The van der Waals surface area contributed by atoms with Crippen LogP contribution in [0, 0.1) is 0 Å². The number of hydrogen-bond acceptors (Lipinski definition) is 4. The number of aliphatic hydroxyl groups is 1. The fraction of sp³-hybridized carbons (Fsp3) is 0.562. The molecule has 1 aliphatic rings. The Morgan fingerprint density at radius 1 is 1.33 bits per heavy atom. The van der Waals surface area contributed by atoms with Gasteiger partial charge in [-0.3, -0.25) is 4.79 Å². The van der Waals surface area contributed by atoms with Gasteiger partial charge in [0.1, 0.15) is 11.3 Å². The Morgan fingerprint density at radius 2 is 2.00 bits per heavy atom. The molecule has 0 radical (unpaired) electrons. The normalized spacial score (nSPS) is 17.8. The number of rotatable bonds is 4. The molecule has 0 saturated heterocycles. The topological polar surface area (TPSA) is 84.6 Å². The third kappa shape index (κ3) is 3.88. The van der Waals surface area contributed by atoms with E-state index in [4.69, 9.17) is 10.5 Å². The molecule has 5 heteroatoms. The molecule has 0 atom stereocenters. The maximum absolute atomic E-state index is 12.3. The van der Waals surface area contributed by atoms with Gasteiger partial charge in [0, 0.05) is 12.2 Å².